The van der Waals surface area contributed by atoms with Crippen LogP contribution >= 0.6 is 11.6 Å². The molecule has 2 N–H and O–H groups in total. The lowest BCUT2D eigenvalue weighted by Gasteiger charge is -2.39. The van der Waals surface area contributed by atoms with Crippen molar-refractivity contribution in [1.29, 1.82) is 5.26 Å². The van der Waals surface area contributed by atoms with Crippen LogP contribution in [0.2, 0.25) is 5.02 Å². The number of methoxy groups -OCH3 is 1. The van der Waals surface area contributed by atoms with Gasteiger partial charge >= 0.3 is 0 Å². The SMILES string of the molecule is CNC(=O)C1CN(CC2=C(C)c3ccc(OCc4cc(C5CC5CNC(=O)C5CN(CC6=C(C)c7ccc(OCc8ccc(Cl)c(OC)c8)cc7CC6)C5)c(C#N)cn4)cc3CC2)C1. The van der Waals surface area contributed by atoms with Gasteiger partial charge in [0.15, 0.2) is 0 Å². The molecule has 0 spiro atoms. The van der Waals surface area contributed by atoms with E-state index in [9.17, 15) is 14.9 Å². The third kappa shape index (κ3) is 9.42. The highest BCUT2D eigenvalue weighted by atomic mass is 35.5. The summed E-state index contributed by atoms with van der Waals surface area (Å²) in [5.41, 5.74) is 14.0. The molecule has 332 valence electrons. The molecule has 3 aliphatic carbocycles. The largest absolute Gasteiger partial charge is 0.495 e. The van der Waals surface area contributed by atoms with Crippen LogP contribution in [-0.2, 0) is 35.6 Å². The molecule has 3 heterocycles. The van der Waals surface area contributed by atoms with E-state index in [1.54, 1.807) is 20.4 Å². The van der Waals surface area contributed by atoms with Crippen LogP contribution in [0.25, 0.3) is 11.1 Å². The molecule has 5 aliphatic rings. The fourth-order valence-corrected chi connectivity index (χ4v) is 10.2. The van der Waals surface area contributed by atoms with Gasteiger partial charge in [0.1, 0.15) is 36.5 Å². The molecule has 11 nitrogen and oxygen atoms in total. The first-order valence-electron chi connectivity index (χ1n) is 22.6. The first-order chi connectivity index (χ1) is 31.1. The maximum absolute atomic E-state index is 13.2. The summed E-state index contributed by atoms with van der Waals surface area (Å²) >= 11 is 6.18. The average molecular weight is 882 g/mol. The first kappa shape index (κ1) is 43.6. The molecule has 1 aromatic heterocycles. The monoisotopic (exact) mass is 880 g/mol. The number of nitrogens with one attached hydrogen (secondary N) is 2. The zero-order chi connectivity index (χ0) is 44.5. The summed E-state index contributed by atoms with van der Waals surface area (Å²) in [6.45, 7) is 10.7. The van der Waals surface area contributed by atoms with Gasteiger partial charge in [-0.3, -0.25) is 24.4 Å². The molecule has 1 saturated carbocycles. The zero-order valence-corrected chi connectivity index (χ0v) is 38.0. The predicted molar refractivity (Wildman–Crippen MR) is 248 cm³/mol. The smallest absolute Gasteiger partial charge is 0.225 e. The molecule has 2 amide bonds. The Morgan fingerprint density at radius 2 is 1.42 bits per heavy atom. The summed E-state index contributed by atoms with van der Waals surface area (Å²) in [6.07, 6.45) is 6.52. The number of carbonyl (C=O) groups is 2. The Morgan fingerprint density at radius 1 is 0.812 bits per heavy atom. The molecule has 9 rings (SSSR count). The fourth-order valence-electron chi connectivity index (χ4n) is 10.0. The first-order valence-corrected chi connectivity index (χ1v) is 23.0. The summed E-state index contributed by atoms with van der Waals surface area (Å²) in [5, 5.41) is 16.5. The Balaban J connectivity index is 0.719. The number of hydrogen-bond acceptors (Lipinski definition) is 9. The molecular weight excluding hydrogens is 824 g/mol. The van der Waals surface area contributed by atoms with Crippen LogP contribution in [0.1, 0.15) is 83.7 Å². The minimum absolute atomic E-state index is 0.00553. The van der Waals surface area contributed by atoms with E-state index in [1.165, 1.54) is 44.5 Å². The van der Waals surface area contributed by atoms with E-state index in [2.05, 4.69) is 69.6 Å². The lowest BCUT2D eigenvalue weighted by molar-refractivity contribution is -0.130. The van der Waals surface area contributed by atoms with Crippen molar-refractivity contribution in [2.45, 2.75) is 65.1 Å². The van der Waals surface area contributed by atoms with E-state index in [1.807, 2.05) is 36.4 Å². The van der Waals surface area contributed by atoms with Crippen molar-refractivity contribution in [3.8, 4) is 23.3 Å². The Morgan fingerprint density at radius 3 is 2.02 bits per heavy atom. The minimum Gasteiger partial charge on any atom is -0.495 e. The van der Waals surface area contributed by atoms with Crippen molar-refractivity contribution in [2.75, 3.05) is 60.0 Å². The second-order valence-corrected chi connectivity index (χ2v) is 18.7. The molecular formula is C52H57ClN6O5. The number of likely N-dealkylation sites (tertiary alicyclic amines) is 2. The van der Waals surface area contributed by atoms with Crippen LogP contribution in [0, 0.1) is 29.1 Å². The molecule has 2 saturated heterocycles. The second kappa shape index (κ2) is 18.8. The molecule has 2 unspecified atom stereocenters. The third-order valence-corrected chi connectivity index (χ3v) is 14.4. The van der Waals surface area contributed by atoms with Gasteiger partial charge in [-0.1, -0.05) is 40.9 Å². The summed E-state index contributed by atoms with van der Waals surface area (Å²) in [5.74, 6) is 3.16. The van der Waals surface area contributed by atoms with Crippen LogP contribution in [-0.4, -0.2) is 86.6 Å². The highest BCUT2D eigenvalue weighted by Gasteiger charge is 2.41. The Labute approximate surface area is 381 Å². The van der Waals surface area contributed by atoms with Gasteiger partial charge in [0.25, 0.3) is 0 Å². The number of aromatic nitrogens is 1. The van der Waals surface area contributed by atoms with Crippen LogP contribution in [0.5, 0.6) is 17.2 Å². The lowest BCUT2D eigenvalue weighted by atomic mass is 9.85. The normalized spacial score (nSPS) is 19.8. The number of allylic oxidation sites excluding steroid dienone is 2. The number of amides is 2. The van der Waals surface area contributed by atoms with Crippen molar-refractivity contribution >= 4 is 34.6 Å². The number of aryl methyl sites for hydroxylation is 2. The number of carbonyl (C=O) groups excluding carboxylic acids is 2. The number of rotatable bonds is 16. The van der Waals surface area contributed by atoms with Crippen LogP contribution < -0.4 is 24.8 Å². The summed E-state index contributed by atoms with van der Waals surface area (Å²) < 4.78 is 17.7. The van der Waals surface area contributed by atoms with Gasteiger partial charge in [-0.2, -0.15) is 5.26 Å². The van der Waals surface area contributed by atoms with Gasteiger partial charge < -0.3 is 24.8 Å². The second-order valence-electron chi connectivity index (χ2n) is 18.3. The standard InChI is InChI=1S/C52H57ClN6O5/c1-31-36(23-58-25-40(26-58)51(60)55-3)9-7-35-17-44(11-13-46(31)35)64-30-42-19-48(39(20-54)22-56-42)47-18-38(47)21-57-52(61)41-27-59(28-41)24-37-8-6-34-16-43(10-12-45(34)32(37)2)63-29-33-5-14-49(53)50(15-33)62-4/h5,10-17,19,22,38,40-41,47H,6-9,18,21,23-30H2,1-4H3,(H,55,60)(H,57,61). The minimum atomic E-state index is -0.00553. The lowest BCUT2D eigenvalue weighted by Crippen LogP contribution is -2.54. The summed E-state index contributed by atoms with van der Waals surface area (Å²) in [7, 11) is 3.32. The molecule has 2 atom stereocenters. The van der Waals surface area contributed by atoms with E-state index in [0.717, 1.165) is 99.7 Å². The van der Waals surface area contributed by atoms with Gasteiger partial charge in [-0.15, -0.1) is 0 Å². The van der Waals surface area contributed by atoms with Gasteiger partial charge in [0.05, 0.1) is 35.2 Å². The topological polar surface area (TPSA) is 129 Å². The number of nitrogens with zero attached hydrogens (tertiary/aromatic N) is 4. The molecule has 4 aromatic rings. The van der Waals surface area contributed by atoms with E-state index < -0.39 is 0 Å². The number of pyridine rings is 1. The third-order valence-electron chi connectivity index (χ3n) is 14.1. The average Bonchev–Trinajstić information content (AvgIpc) is 4.07. The van der Waals surface area contributed by atoms with Gasteiger partial charge in [-0.05, 0) is 145 Å². The van der Waals surface area contributed by atoms with Gasteiger partial charge in [-0.25, -0.2) is 0 Å². The maximum atomic E-state index is 13.2. The van der Waals surface area contributed by atoms with Crippen molar-refractivity contribution in [3.05, 3.63) is 128 Å². The summed E-state index contributed by atoms with van der Waals surface area (Å²) in [4.78, 5) is 34.5. The molecule has 3 aromatic carbocycles. The molecule has 12 heteroatoms. The molecule has 0 bridgehead atoms. The fraction of sp³-hybridized carbons (Fsp3) is 0.423. The van der Waals surface area contributed by atoms with E-state index in [4.69, 9.17) is 25.8 Å². The van der Waals surface area contributed by atoms with E-state index >= 15 is 0 Å². The predicted octanol–water partition coefficient (Wildman–Crippen LogP) is 7.74. The van der Waals surface area contributed by atoms with Crippen molar-refractivity contribution < 1.29 is 23.8 Å². The number of ether oxygens (including phenoxy) is 3. The number of nitriles is 1. The highest BCUT2D eigenvalue weighted by molar-refractivity contribution is 6.32. The molecule has 0 radical (unpaired) electrons. The van der Waals surface area contributed by atoms with Crippen molar-refractivity contribution in [1.82, 2.24) is 25.4 Å². The number of hydrogen-bond donors (Lipinski definition) is 2. The summed E-state index contributed by atoms with van der Waals surface area (Å²) in [6, 6.07) is 22.8. The zero-order valence-electron chi connectivity index (χ0n) is 37.3. The highest BCUT2D eigenvalue weighted by Crippen LogP contribution is 2.48. The van der Waals surface area contributed by atoms with Crippen molar-refractivity contribution in [3.63, 3.8) is 0 Å². The Kier molecular flexibility index (Phi) is 12.8. The van der Waals surface area contributed by atoms with Crippen molar-refractivity contribution in [2.24, 2.45) is 17.8 Å². The van der Waals surface area contributed by atoms with Crippen LogP contribution in [0.15, 0.2) is 78.0 Å². The quantitative estimate of drug-likeness (QED) is 0.116. The van der Waals surface area contributed by atoms with Gasteiger partial charge in [0, 0.05) is 59.1 Å². The Hall–Kier alpha value is -5.67. The Bertz CT molecular complexity index is 2570. The number of benzene rings is 3. The van der Waals surface area contributed by atoms with Crippen LogP contribution in [0.3, 0.4) is 0 Å². The molecule has 64 heavy (non-hydrogen) atoms. The van der Waals surface area contributed by atoms with E-state index in [0.29, 0.717) is 42.0 Å². The maximum Gasteiger partial charge on any atom is 0.225 e. The molecule has 2 aliphatic heterocycles. The number of fused-ring (bicyclic) bond motifs is 2. The van der Waals surface area contributed by atoms with Crippen LogP contribution in [0.4, 0.5) is 0 Å². The molecule has 3 fully saturated rings. The number of halogens is 1. The van der Waals surface area contributed by atoms with Gasteiger partial charge in [0.2, 0.25) is 11.8 Å². The van der Waals surface area contributed by atoms with E-state index in [-0.39, 0.29) is 29.6 Å².